The maximum Gasteiger partial charge on any atom is 0.330 e. The maximum atomic E-state index is 11.3. The number of carboxylic acid groups (broad SMARTS) is 1. The fourth-order valence-corrected chi connectivity index (χ4v) is 4.50. The molecule has 0 bridgehead atoms. The minimum absolute atomic E-state index is 0.465. The molecule has 0 saturated heterocycles. The number of ether oxygens (including phenoxy) is 2. The number of carbonyl (C=O) groups is 1. The van der Waals surface area contributed by atoms with Gasteiger partial charge in [-0.15, -0.1) is 0 Å². The van der Waals surface area contributed by atoms with Crippen LogP contribution in [0.2, 0.25) is 0 Å². The number of aryl methyl sites for hydroxylation is 2. The zero-order chi connectivity index (χ0) is 22.7. The molecule has 1 aliphatic heterocycles. The number of nitrogens with zero attached hydrogens (tertiary/aromatic N) is 1. The van der Waals surface area contributed by atoms with Gasteiger partial charge in [0.2, 0.25) is 0 Å². The first kappa shape index (κ1) is 22.0. The first-order valence-electron chi connectivity index (χ1n) is 11.3. The van der Waals surface area contributed by atoms with E-state index < -0.39 is 12.0 Å². The number of carboxylic acids is 1. The molecule has 0 amide bonds. The number of methoxy groups -OCH3 is 1. The Bertz CT molecular complexity index is 1070. The third-order valence-electron chi connectivity index (χ3n) is 6.44. The highest BCUT2D eigenvalue weighted by molar-refractivity contribution is 5.78. The van der Waals surface area contributed by atoms with Gasteiger partial charge in [0.25, 0.3) is 0 Å². The molecule has 168 valence electrons. The van der Waals surface area contributed by atoms with Crippen LogP contribution < -0.4 is 9.47 Å². The van der Waals surface area contributed by atoms with Crippen LogP contribution in [0.4, 0.5) is 0 Å². The van der Waals surface area contributed by atoms with E-state index in [-0.39, 0.29) is 0 Å². The van der Waals surface area contributed by atoms with Crippen LogP contribution >= 0.6 is 0 Å². The Labute approximate surface area is 190 Å². The molecular weight excluding hydrogens is 402 g/mol. The largest absolute Gasteiger partial charge is 0.496 e. The van der Waals surface area contributed by atoms with Gasteiger partial charge in [0.15, 0.2) is 0 Å². The number of benzene rings is 2. The van der Waals surface area contributed by atoms with Crippen LogP contribution in [0.3, 0.4) is 0 Å². The van der Waals surface area contributed by atoms with Crippen LogP contribution in [-0.4, -0.2) is 35.7 Å². The highest BCUT2D eigenvalue weighted by Crippen LogP contribution is 2.35. The average Bonchev–Trinajstić information content (AvgIpc) is 2.76. The SMILES string of the molecule is CCCc1ccc(COc2ccc3c(c2)CCC(CN2C=CC2C(=O)O)=C3C)c(OC)c1. The van der Waals surface area contributed by atoms with Crippen LogP contribution in [0.25, 0.3) is 5.57 Å². The van der Waals surface area contributed by atoms with Crippen LogP contribution in [0.1, 0.15) is 48.9 Å². The van der Waals surface area contributed by atoms with Crippen molar-refractivity contribution in [2.24, 2.45) is 0 Å². The van der Waals surface area contributed by atoms with Crippen molar-refractivity contribution in [1.29, 1.82) is 0 Å². The minimum atomic E-state index is -0.791. The molecule has 1 aliphatic carbocycles. The van der Waals surface area contributed by atoms with E-state index in [4.69, 9.17) is 9.47 Å². The van der Waals surface area contributed by atoms with Gasteiger partial charge < -0.3 is 19.5 Å². The van der Waals surface area contributed by atoms with E-state index in [1.807, 2.05) is 17.2 Å². The summed E-state index contributed by atoms with van der Waals surface area (Å²) >= 11 is 0. The number of fused-ring (bicyclic) bond motifs is 1. The van der Waals surface area contributed by atoms with Crippen molar-refractivity contribution in [3.63, 3.8) is 0 Å². The normalized spacial score (nSPS) is 17.1. The average molecular weight is 434 g/mol. The molecule has 2 aromatic rings. The number of rotatable bonds is 9. The van der Waals surface area contributed by atoms with E-state index >= 15 is 0 Å². The highest BCUT2D eigenvalue weighted by atomic mass is 16.5. The molecule has 2 aliphatic rings. The van der Waals surface area contributed by atoms with Gasteiger partial charge in [-0.2, -0.15) is 0 Å². The molecular formula is C27H31NO4. The summed E-state index contributed by atoms with van der Waals surface area (Å²) in [5.74, 6) is 0.939. The Morgan fingerprint density at radius 1 is 1.19 bits per heavy atom. The predicted molar refractivity (Wildman–Crippen MR) is 126 cm³/mol. The van der Waals surface area contributed by atoms with Gasteiger partial charge in [0, 0.05) is 12.1 Å². The number of hydrogen-bond donors (Lipinski definition) is 1. The summed E-state index contributed by atoms with van der Waals surface area (Å²) in [6.07, 6.45) is 7.62. The van der Waals surface area contributed by atoms with E-state index in [2.05, 4.69) is 44.2 Å². The second-order valence-corrected chi connectivity index (χ2v) is 8.53. The van der Waals surface area contributed by atoms with Gasteiger partial charge in [0.05, 0.1) is 7.11 Å². The van der Waals surface area contributed by atoms with Gasteiger partial charge in [-0.25, -0.2) is 4.79 Å². The molecule has 0 spiro atoms. The smallest absolute Gasteiger partial charge is 0.330 e. The molecule has 0 saturated carbocycles. The quantitative estimate of drug-likeness (QED) is 0.587. The van der Waals surface area contributed by atoms with Crippen molar-refractivity contribution in [3.05, 3.63) is 76.5 Å². The predicted octanol–water partition coefficient (Wildman–Crippen LogP) is 5.23. The van der Waals surface area contributed by atoms with E-state index in [9.17, 15) is 9.90 Å². The van der Waals surface area contributed by atoms with Crippen LogP contribution in [-0.2, 0) is 24.2 Å². The summed E-state index contributed by atoms with van der Waals surface area (Å²) < 4.78 is 11.7. The first-order valence-corrected chi connectivity index (χ1v) is 11.3. The summed E-state index contributed by atoms with van der Waals surface area (Å²) in [5, 5.41) is 9.26. The highest BCUT2D eigenvalue weighted by Gasteiger charge is 2.29. The van der Waals surface area contributed by atoms with Crippen molar-refractivity contribution in [1.82, 2.24) is 4.90 Å². The standard InChI is InChI=1S/C27H31NO4/c1-4-5-19-6-7-22(26(14-19)31-3)17-32-23-10-11-24-18(2)21(9-8-20(24)15-23)16-28-13-12-25(28)27(29)30/h6-7,10-15,25H,4-5,8-9,16-17H2,1-3H3,(H,29,30). The summed E-state index contributed by atoms with van der Waals surface area (Å²) in [5.41, 5.74) is 7.39. The van der Waals surface area contributed by atoms with Crippen molar-refractivity contribution < 1.29 is 19.4 Å². The molecule has 32 heavy (non-hydrogen) atoms. The lowest BCUT2D eigenvalue weighted by molar-refractivity contribution is -0.141. The number of hydrogen-bond acceptors (Lipinski definition) is 4. The molecule has 1 atom stereocenters. The van der Waals surface area contributed by atoms with Gasteiger partial charge in [0.1, 0.15) is 24.1 Å². The summed E-state index contributed by atoms with van der Waals surface area (Å²) in [4.78, 5) is 13.2. The molecule has 5 nitrogen and oxygen atoms in total. The molecule has 1 unspecified atom stereocenters. The lowest BCUT2D eigenvalue weighted by atomic mass is 9.85. The number of allylic oxidation sites excluding steroid dienone is 1. The Morgan fingerprint density at radius 2 is 2.03 bits per heavy atom. The Kier molecular flexibility index (Phi) is 6.54. The third-order valence-corrected chi connectivity index (χ3v) is 6.44. The first-order chi connectivity index (χ1) is 15.5. The van der Waals surface area contributed by atoms with Crippen molar-refractivity contribution >= 4 is 11.5 Å². The third kappa shape index (κ3) is 4.52. The Morgan fingerprint density at radius 3 is 2.72 bits per heavy atom. The lowest BCUT2D eigenvalue weighted by Gasteiger charge is -2.35. The molecule has 5 heteroatoms. The Hall–Kier alpha value is -3.21. The summed E-state index contributed by atoms with van der Waals surface area (Å²) in [7, 11) is 1.70. The number of aliphatic carboxylic acids is 1. The second kappa shape index (κ2) is 9.51. The van der Waals surface area contributed by atoms with Crippen LogP contribution in [0.15, 0.2) is 54.2 Å². The van der Waals surface area contributed by atoms with Crippen molar-refractivity contribution in [2.75, 3.05) is 13.7 Å². The molecule has 4 rings (SSSR count). The molecule has 1 N–H and O–H groups in total. The lowest BCUT2D eigenvalue weighted by Crippen LogP contribution is -2.43. The van der Waals surface area contributed by atoms with Crippen LogP contribution in [0, 0.1) is 0 Å². The summed E-state index contributed by atoms with van der Waals surface area (Å²) in [6, 6.07) is 12.1. The second-order valence-electron chi connectivity index (χ2n) is 8.53. The topological polar surface area (TPSA) is 59.0 Å². The van der Waals surface area contributed by atoms with Gasteiger partial charge in [-0.3, -0.25) is 0 Å². The molecule has 0 fully saturated rings. The van der Waals surface area contributed by atoms with Crippen molar-refractivity contribution in [2.45, 2.75) is 52.2 Å². The van der Waals surface area contributed by atoms with Gasteiger partial charge in [-0.05, 0) is 84.5 Å². The van der Waals surface area contributed by atoms with E-state index in [1.165, 1.54) is 27.8 Å². The maximum absolute atomic E-state index is 11.3. The van der Waals surface area contributed by atoms with E-state index in [0.717, 1.165) is 42.7 Å². The van der Waals surface area contributed by atoms with E-state index in [0.29, 0.717) is 13.2 Å². The minimum Gasteiger partial charge on any atom is -0.496 e. The van der Waals surface area contributed by atoms with Gasteiger partial charge in [-0.1, -0.05) is 31.5 Å². The van der Waals surface area contributed by atoms with Crippen LogP contribution in [0.5, 0.6) is 11.5 Å². The van der Waals surface area contributed by atoms with E-state index in [1.54, 1.807) is 13.2 Å². The van der Waals surface area contributed by atoms with Gasteiger partial charge >= 0.3 is 5.97 Å². The zero-order valence-corrected chi connectivity index (χ0v) is 19.1. The fourth-order valence-electron chi connectivity index (χ4n) is 4.50. The molecule has 0 aromatic heterocycles. The molecule has 1 heterocycles. The molecule has 2 aromatic carbocycles. The Balaban J connectivity index is 1.45. The van der Waals surface area contributed by atoms with Crippen molar-refractivity contribution in [3.8, 4) is 11.5 Å². The monoisotopic (exact) mass is 433 g/mol. The molecule has 0 radical (unpaired) electrons. The fraction of sp³-hybridized carbons (Fsp3) is 0.370. The zero-order valence-electron chi connectivity index (χ0n) is 19.1. The summed E-state index contributed by atoms with van der Waals surface area (Å²) in [6.45, 7) is 5.45.